The lowest BCUT2D eigenvalue weighted by Crippen LogP contribution is -2.45. The van der Waals surface area contributed by atoms with Gasteiger partial charge in [-0.2, -0.15) is 0 Å². The normalized spacial score (nSPS) is 24.6. The number of pyridine rings is 1. The van der Waals surface area contributed by atoms with Crippen molar-refractivity contribution in [1.29, 1.82) is 0 Å². The van der Waals surface area contributed by atoms with Crippen molar-refractivity contribution < 1.29 is 23.9 Å². The number of amides is 3. The molecule has 1 aromatic heterocycles. The van der Waals surface area contributed by atoms with Gasteiger partial charge in [0.05, 0.1) is 23.0 Å². The number of aromatic nitrogens is 1. The Morgan fingerprint density at radius 3 is 2.58 bits per heavy atom. The van der Waals surface area contributed by atoms with E-state index in [1.54, 1.807) is 36.4 Å². The minimum absolute atomic E-state index is 0.0505. The van der Waals surface area contributed by atoms with Crippen molar-refractivity contribution in [3.63, 3.8) is 0 Å². The highest BCUT2D eigenvalue weighted by Crippen LogP contribution is 2.45. The molecule has 2 aliphatic heterocycles. The van der Waals surface area contributed by atoms with Gasteiger partial charge in [-0.25, -0.2) is 4.39 Å². The number of benzene rings is 1. The molecule has 0 radical (unpaired) electrons. The van der Waals surface area contributed by atoms with E-state index in [0.717, 1.165) is 18.9 Å². The van der Waals surface area contributed by atoms with Crippen molar-refractivity contribution in [2.45, 2.75) is 38.9 Å². The molecule has 10 heteroatoms. The molecule has 3 aliphatic rings. The van der Waals surface area contributed by atoms with E-state index in [-0.39, 0.29) is 35.6 Å². The molecular weight excluding hydrogens is 487 g/mol. The van der Waals surface area contributed by atoms with Crippen LogP contribution in [-0.4, -0.2) is 50.3 Å². The Morgan fingerprint density at radius 1 is 1.14 bits per heavy atom. The van der Waals surface area contributed by atoms with Gasteiger partial charge in [-0.1, -0.05) is 17.7 Å². The fraction of sp³-hybridized carbons (Fsp3) is 0.308. The zero-order chi connectivity index (χ0) is 25.6. The van der Waals surface area contributed by atoms with Crippen molar-refractivity contribution in [2.75, 3.05) is 11.4 Å². The second kappa shape index (κ2) is 9.39. The number of rotatable bonds is 4. The fourth-order valence-electron chi connectivity index (χ4n) is 4.72. The molecule has 5 rings (SSSR count). The van der Waals surface area contributed by atoms with Gasteiger partial charge in [0.1, 0.15) is 17.7 Å². The van der Waals surface area contributed by atoms with E-state index in [0.29, 0.717) is 23.2 Å². The standard InChI is InChI=1S/C26H24ClFN4O4/c1-15-8-10-30(14-16-4-7-20(28)19(27)11-16)22(34)12-21(33)25(35)32-23(15)26(36)31(24(32)17-5-6-17)18-3-2-9-29-13-18/h2-4,7,9,11-13,17,24,33H,5-6,8,10,14H2,1H3/b21-12-,23-15+. The average Bonchev–Trinajstić information content (AvgIpc) is 3.65. The first-order chi connectivity index (χ1) is 17.3. The van der Waals surface area contributed by atoms with E-state index in [1.807, 2.05) is 0 Å². The van der Waals surface area contributed by atoms with Crippen LogP contribution in [0.4, 0.5) is 10.1 Å². The van der Waals surface area contributed by atoms with Gasteiger partial charge in [-0.05, 0) is 67.5 Å². The number of aliphatic hydroxyl groups excluding tert-OH is 1. The molecule has 1 aromatic carbocycles. The summed E-state index contributed by atoms with van der Waals surface area (Å²) in [6.07, 6.45) is 5.44. The number of carbonyl (C=O) groups excluding carboxylic acids is 3. The first-order valence-corrected chi connectivity index (χ1v) is 12.0. The number of anilines is 1. The Morgan fingerprint density at radius 2 is 1.92 bits per heavy atom. The SMILES string of the molecule is C/C1=C2/C(=O)N(c3cccnc3)C(C3CC3)N2C(=O)/C(O)=C/C(=O)N(Cc2ccc(F)c(Cl)c2)CC1. The molecule has 1 N–H and O–H groups in total. The number of hydrogen-bond donors (Lipinski definition) is 1. The maximum atomic E-state index is 13.7. The minimum atomic E-state index is -0.805. The van der Waals surface area contributed by atoms with Crippen LogP contribution in [0, 0.1) is 11.7 Å². The number of nitrogens with zero attached hydrogens (tertiary/aromatic N) is 4. The summed E-state index contributed by atoms with van der Waals surface area (Å²) in [5, 5.41) is 10.6. The quantitative estimate of drug-likeness (QED) is 0.672. The van der Waals surface area contributed by atoms with Gasteiger partial charge in [0.15, 0.2) is 5.76 Å². The number of halogens is 2. The highest BCUT2D eigenvalue weighted by atomic mass is 35.5. The fourth-order valence-corrected chi connectivity index (χ4v) is 4.92. The number of aliphatic hydroxyl groups is 1. The van der Waals surface area contributed by atoms with E-state index >= 15 is 0 Å². The van der Waals surface area contributed by atoms with Crippen LogP contribution in [0.1, 0.15) is 31.7 Å². The number of carbonyl (C=O) groups is 3. The van der Waals surface area contributed by atoms with Crippen molar-refractivity contribution in [3.8, 4) is 0 Å². The van der Waals surface area contributed by atoms with Crippen molar-refractivity contribution in [1.82, 2.24) is 14.8 Å². The van der Waals surface area contributed by atoms with Crippen LogP contribution in [0.3, 0.4) is 0 Å². The van der Waals surface area contributed by atoms with Crippen molar-refractivity contribution >= 4 is 35.0 Å². The monoisotopic (exact) mass is 510 g/mol. The van der Waals surface area contributed by atoms with Crippen LogP contribution in [0.15, 0.2) is 65.8 Å². The molecular formula is C26H24ClFN4O4. The van der Waals surface area contributed by atoms with E-state index < -0.39 is 29.6 Å². The van der Waals surface area contributed by atoms with Gasteiger partial charge in [-0.3, -0.25) is 29.2 Å². The van der Waals surface area contributed by atoms with Crippen molar-refractivity contribution in [3.05, 3.63) is 82.2 Å². The third kappa shape index (κ3) is 4.35. The summed E-state index contributed by atoms with van der Waals surface area (Å²) < 4.78 is 13.6. The third-order valence-corrected chi connectivity index (χ3v) is 6.98. The van der Waals surface area contributed by atoms with Gasteiger partial charge in [0, 0.05) is 19.3 Å². The first kappa shape index (κ1) is 24.0. The highest BCUT2D eigenvalue weighted by molar-refractivity contribution is 6.30. The molecule has 36 heavy (non-hydrogen) atoms. The Labute approximate surface area is 212 Å². The summed E-state index contributed by atoms with van der Waals surface area (Å²) in [4.78, 5) is 48.7. The lowest BCUT2D eigenvalue weighted by atomic mass is 10.1. The predicted octanol–water partition coefficient (Wildman–Crippen LogP) is 3.93. The molecule has 1 unspecified atom stereocenters. The zero-order valence-corrected chi connectivity index (χ0v) is 20.3. The van der Waals surface area contributed by atoms with Gasteiger partial charge < -0.3 is 10.0 Å². The van der Waals surface area contributed by atoms with Gasteiger partial charge in [0.25, 0.3) is 17.7 Å². The smallest absolute Gasteiger partial charge is 0.295 e. The van der Waals surface area contributed by atoms with Gasteiger partial charge in [0.2, 0.25) is 0 Å². The Kier molecular flexibility index (Phi) is 6.26. The van der Waals surface area contributed by atoms with E-state index in [1.165, 1.54) is 28.0 Å². The van der Waals surface area contributed by atoms with Gasteiger partial charge in [-0.15, -0.1) is 0 Å². The molecule has 0 spiro atoms. The zero-order valence-electron chi connectivity index (χ0n) is 19.5. The topological polar surface area (TPSA) is 94.0 Å². The summed E-state index contributed by atoms with van der Waals surface area (Å²) in [5.74, 6) is -2.99. The Hall–Kier alpha value is -3.72. The predicted molar refractivity (Wildman–Crippen MR) is 130 cm³/mol. The average molecular weight is 511 g/mol. The summed E-state index contributed by atoms with van der Waals surface area (Å²) >= 11 is 5.89. The van der Waals surface area contributed by atoms with Crippen LogP contribution >= 0.6 is 11.6 Å². The second-order valence-corrected chi connectivity index (χ2v) is 9.64. The largest absolute Gasteiger partial charge is 0.503 e. The molecule has 1 aliphatic carbocycles. The van der Waals surface area contributed by atoms with E-state index in [4.69, 9.17) is 11.6 Å². The summed E-state index contributed by atoms with van der Waals surface area (Å²) in [6, 6.07) is 7.64. The molecule has 2 aromatic rings. The summed E-state index contributed by atoms with van der Waals surface area (Å²) in [5.41, 5.74) is 1.98. The Bertz CT molecular complexity index is 1310. The van der Waals surface area contributed by atoms with Crippen LogP contribution in [0.5, 0.6) is 0 Å². The van der Waals surface area contributed by atoms with Crippen LogP contribution in [0.2, 0.25) is 5.02 Å². The third-order valence-electron chi connectivity index (χ3n) is 6.69. The molecule has 3 heterocycles. The van der Waals surface area contributed by atoms with Crippen LogP contribution in [0.25, 0.3) is 0 Å². The lowest BCUT2D eigenvalue weighted by molar-refractivity contribution is -0.131. The second-order valence-electron chi connectivity index (χ2n) is 9.23. The lowest BCUT2D eigenvalue weighted by Gasteiger charge is -2.30. The van der Waals surface area contributed by atoms with Crippen molar-refractivity contribution in [2.24, 2.45) is 5.92 Å². The highest BCUT2D eigenvalue weighted by Gasteiger charge is 2.53. The molecule has 3 amide bonds. The summed E-state index contributed by atoms with van der Waals surface area (Å²) in [7, 11) is 0. The number of fused-ring (bicyclic) bond motifs is 1. The van der Waals surface area contributed by atoms with Crippen LogP contribution < -0.4 is 4.90 Å². The molecule has 186 valence electrons. The summed E-state index contributed by atoms with van der Waals surface area (Å²) in [6.45, 7) is 2.05. The molecule has 1 saturated heterocycles. The maximum absolute atomic E-state index is 13.7. The maximum Gasteiger partial charge on any atom is 0.295 e. The first-order valence-electron chi connectivity index (χ1n) is 11.7. The van der Waals surface area contributed by atoms with E-state index in [2.05, 4.69) is 4.98 Å². The molecule has 2 fully saturated rings. The Balaban J connectivity index is 1.53. The molecule has 1 atom stereocenters. The van der Waals surface area contributed by atoms with E-state index in [9.17, 15) is 23.9 Å². The van der Waals surface area contributed by atoms with Gasteiger partial charge >= 0.3 is 0 Å². The minimum Gasteiger partial charge on any atom is -0.503 e. The number of hydrogen-bond acceptors (Lipinski definition) is 5. The molecule has 1 saturated carbocycles. The molecule has 0 bridgehead atoms. The molecule has 8 nitrogen and oxygen atoms in total. The van der Waals surface area contributed by atoms with Crippen LogP contribution in [-0.2, 0) is 20.9 Å².